The molecule has 0 spiro atoms. The fraction of sp³-hybridized carbons (Fsp3) is 0. The van der Waals surface area contributed by atoms with Crippen LogP contribution in [0.15, 0.2) is 20.9 Å². The molecule has 0 aromatic carbocycles. The van der Waals surface area contributed by atoms with Crippen molar-refractivity contribution in [1.82, 2.24) is 4.83 Å². The first-order valence-electron chi connectivity index (χ1n) is 1.56. The normalized spacial score (nSPS) is 18.1. The van der Waals surface area contributed by atoms with Crippen LogP contribution in [-0.2, 0) is 0 Å². The highest BCUT2D eigenvalue weighted by atomic mass is 35.5. The van der Waals surface area contributed by atoms with Crippen LogP contribution in [0.5, 0.6) is 0 Å². The van der Waals surface area contributed by atoms with Crippen molar-refractivity contribution in [2.45, 2.75) is 0 Å². The molecule has 0 bridgehead atoms. The van der Waals surface area contributed by atoms with Crippen molar-refractivity contribution in [2.24, 2.45) is 10.3 Å². The van der Waals surface area contributed by atoms with E-state index in [1.807, 2.05) is 0 Å². The van der Waals surface area contributed by atoms with Gasteiger partial charge < -0.3 is 0 Å². The summed E-state index contributed by atoms with van der Waals surface area (Å²) in [4.78, 5) is 2.53. The summed E-state index contributed by atoms with van der Waals surface area (Å²) in [6.07, 6.45) is 0. The number of nitrogens with one attached hydrogen (secondary N) is 1. The van der Waals surface area contributed by atoms with Crippen molar-refractivity contribution in [3.05, 3.63) is 10.6 Å². The predicted molar refractivity (Wildman–Crippen MR) is 29.5 cm³/mol. The second-order valence-corrected chi connectivity index (χ2v) is 1.89. The van der Waals surface area contributed by atoms with Crippen LogP contribution in [0.4, 0.5) is 0 Å². The van der Waals surface area contributed by atoms with Crippen LogP contribution in [-0.4, -0.2) is 0 Å². The van der Waals surface area contributed by atoms with Gasteiger partial charge in [-0.2, -0.15) is 0 Å². The SMILES string of the molecule is ClC1=CSNN=N1. The molecule has 0 unspecified atom stereocenters. The van der Waals surface area contributed by atoms with Crippen molar-refractivity contribution < 1.29 is 0 Å². The van der Waals surface area contributed by atoms with E-state index < -0.39 is 0 Å². The third kappa shape index (κ3) is 1.36. The van der Waals surface area contributed by atoms with E-state index in [1.54, 1.807) is 5.41 Å². The Labute approximate surface area is 49.9 Å². The number of hydrogen-bond donors (Lipinski definition) is 1. The average molecular weight is 136 g/mol. The van der Waals surface area contributed by atoms with Crippen molar-refractivity contribution in [3.63, 3.8) is 0 Å². The van der Waals surface area contributed by atoms with Crippen molar-refractivity contribution in [1.29, 1.82) is 0 Å². The van der Waals surface area contributed by atoms with Gasteiger partial charge in [-0.15, -0.1) is 5.11 Å². The Balaban J connectivity index is 2.58. The van der Waals surface area contributed by atoms with E-state index in [0.717, 1.165) is 0 Å². The minimum Gasteiger partial charge on any atom is -0.229 e. The zero-order valence-corrected chi connectivity index (χ0v) is 4.83. The van der Waals surface area contributed by atoms with Gasteiger partial charge in [0.25, 0.3) is 0 Å². The molecule has 1 N–H and O–H groups in total. The Bertz CT molecular complexity index is 120. The van der Waals surface area contributed by atoms with Gasteiger partial charge in [0.1, 0.15) is 0 Å². The minimum atomic E-state index is 0.420. The van der Waals surface area contributed by atoms with Crippen LogP contribution in [0.25, 0.3) is 0 Å². The van der Waals surface area contributed by atoms with E-state index in [0.29, 0.717) is 5.16 Å². The fourth-order valence-corrected chi connectivity index (χ4v) is 0.647. The summed E-state index contributed by atoms with van der Waals surface area (Å²) in [5, 5.41) is 8.93. The van der Waals surface area contributed by atoms with Crippen molar-refractivity contribution >= 4 is 23.5 Å². The lowest BCUT2D eigenvalue weighted by molar-refractivity contribution is 0.957. The lowest BCUT2D eigenvalue weighted by atomic mass is 11.1. The molecule has 3 nitrogen and oxygen atoms in total. The van der Waals surface area contributed by atoms with Gasteiger partial charge >= 0.3 is 0 Å². The standard InChI is InChI=1S/C2H2ClN3S/c3-2-1-7-6-5-4-2/h1H,(H,4,6). The first-order chi connectivity index (χ1) is 3.39. The lowest BCUT2D eigenvalue weighted by Crippen LogP contribution is -1.89. The first-order valence-corrected chi connectivity index (χ1v) is 2.82. The number of hydrogen-bond acceptors (Lipinski definition) is 4. The van der Waals surface area contributed by atoms with Crippen LogP contribution >= 0.6 is 23.5 Å². The molecule has 0 aliphatic carbocycles. The molecule has 38 valence electrons. The second-order valence-electron chi connectivity index (χ2n) is 0.850. The molecule has 1 rings (SSSR count). The molecule has 0 atom stereocenters. The summed E-state index contributed by atoms with van der Waals surface area (Å²) >= 11 is 6.66. The van der Waals surface area contributed by atoms with Crippen molar-refractivity contribution in [3.8, 4) is 0 Å². The number of nitrogens with zero attached hydrogens (tertiary/aromatic N) is 2. The molecular formula is C2H2ClN3S. The summed E-state index contributed by atoms with van der Waals surface area (Å²) in [6, 6.07) is 0. The van der Waals surface area contributed by atoms with E-state index in [-0.39, 0.29) is 0 Å². The van der Waals surface area contributed by atoms with Crippen molar-refractivity contribution in [2.75, 3.05) is 0 Å². The van der Waals surface area contributed by atoms with E-state index >= 15 is 0 Å². The first kappa shape index (κ1) is 4.93. The maximum Gasteiger partial charge on any atom is 0.161 e. The minimum absolute atomic E-state index is 0.420. The average Bonchev–Trinajstić information content (AvgIpc) is 1.69. The molecule has 1 heterocycles. The zero-order valence-electron chi connectivity index (χ0n) is 3.26. The highest BCUT2D eigenvalue weighted by Gasteiger charge is 1.90. The van der Waals surface area contributed by atoms with Gasteiger partial charge in [0.15, 0.2) is 5.16 Å². The van der Waals surface area contributed by atoms with Gasteiger partial charge in [-0.25, -0.2) is 4.83 Å². The number of rotatable bonds is 0. The highest BCUT2D eigenvalue weighted by molar-refractivity contribution is 8.00. The summed E-state index contributed by atoms with van der Waals surface area (Å²) < 4.78 is 0. The molecule has 7 heavy (non-hydrogen) atoms. The van der Waals surface area contributed by atoms with Gasteiger partial charge in [-0.3, -0.25) is 0 Å². The van der Waals surface area contributed by atoms with Gasteiger partial charge in [0.2, 0.25) is 0 Å². The van der Waals surface area contributed by atoms with Gasteiger partial charge in [-0.05, 0) is 11.9 Å². The van der Waals surface area contributed by atoms with E-state index in [4.69, 9.17) is 11.6 Å². The fourth-order valence-electron chi connectivity index (χ4n) is 0.190. The second kappa shape index (κ2) is 2.18. The molecule has 0 aromatic heterocycles. The van der Waals surface area contributed by atoms with Crippen LogP contribution in [0.2, 0.25) is 0 Å². The molecule has 0 amide bonds. The van der Waals surface area contributed by atoms with E-state index in [1.165, 1.54) is 11.9 Å². The Morgan fingerprint density at radius 3 is 3.00 bits per heavy atom. The van der Waals surface area contributed by atoms with E-state index in [9.17, 15) is 0 Å². The predicted octanol–water partition coefficient (Wildman–Crippen LogP) is 1.64. The van der Waals surface area contributed by atoms with E-state index in [2.05, 4.69) is 15.2 Å². The highest BCUT2D eigenvalue weighted by Crippen LogP contribution is 2.13. The summed E-state index contributed by atoms with van der Waals surface area (Å²) in [5.41, 5.74) is 0. The quantitative estimate of drug-likeness (QED) is 0.405. The maximum absolute atomic E-state index is 5.36. The topological polar surface area (TPSA) is 36.8 Å². The molecule has 0 saturated heterocycles. The van der Waals surface area contributed by atoms with Gasteiger partial charge in [0.05, 0.1) is 0 Å². The summed E-state index contributed by atoms with van der Waals surface area (Å²) in [7, 11) is 0. The third-order valence-electron chi connectivity index (χ3n) is 0.395. The Morgan fingerprint density at radius 2 is 2.71 bits per heavy atom. The molecule has 0 radical (unpaired) electrons. The maximum atomic E-state index is 5.36. The summed E-state index contributed by atoms with van der Waals surface area (Å²) in [5.74, 6) is 0. The largest absolute Gasteiger partial charge is 0.229 e. The molecule has 5 heteroatoms. The van der Waals surface area contributed by atoms with Gasteiger partial charge in [-0.1, -0.05) is 16.8 Å². The van der Waals surface area contributed by atoms with Gasteiger partial charge in [0, 0.05) is 5.41 Å². The Kier molecular flexibility index (Phi) is 1.54. The van der Waals surface area contributed by atoms with Crippen LogP contribution in [0.1, 0.15) is 0 Å². The Morgan fingerprint density at radius 1 is 1.86 bits per heavy atom. The monoisotopic (exact) mass is 135 g/mol. The zero-order chi connectivity index (χ0) is 5.11. The molecule has 0 aromatic rings. The number of halogens is 1. The molecule has 1 aliphatic heterocycles. The third-order valence-corrected chi connectivity index (χ3v) is 1.24. The molecular weight excluding hydrogens is 134 g/mol. The smallest absolute Gasteiger partial charge is 0.161 e. The molecule has 1 aliphatic rings. The van der Waals surface area contributed by atoms with Crippen LogP contribution in [0, 0.1) is 0 Å². The molecule has 0 fully saturated rings. The Hall–Kier alpha value is -0.220. The summed E-state index contributed by atoms with van der Waals surface area (Å²) in [6.45, 7) is 0. The van der Waals surface area contributed by atoms with Crippen LogP contribution < -0.4 is 4.83 Å². The lowest BCUT2D eigenvalue weighted by Gasteiger charge is -1.94. The van der Waals surface area contributed by atoms with Crippen LogP contribution in [0.3, 0.4) is 0 Å². The molecule has 0 saturated carbocycles.